The van der Waals surface area contributed by atoms with E-state index >= 15 is 0 Å². The molecule has 0 amide bonds. The molecule has 3 aromatic carbocycles. The van der Waals surface area contributed by atoms with Crippen molar-refractivity contribution < 1.29 is 0 Å². The quantitative estimate of drug-likeness (QED) is 0.313. The van der Waals surface area contributed by atoms with Crippen LogP contribution in [0.5, 0.6) is 0 Å². The van der Waals surface area contributed by atoms with Gasteiger partial charge in [-0.3, -0.25) is 4.57 Å². The van der Waals surface area contributed by atoms with Gasteiger partial charge in [-0.1, -0.05) is 131 Å². The molecule has 0 aliphatic heterocycles. The minimum atomic E-state index is 0.109. The number of allylic oxidation sites excluding steroid dienone is 1. The summed E-state index contributed by atoms with van der Waals surface area (Å²) in [7, 11) is 0. The van der Waals surface area contributed by atoms with Gasteiger partial charge in [0, 0.05) is 17.2 Å². The predicted molar refractivity (Wildman–Crippen MR) is 142 cm³/mol. The van der Waals surface area contributed by atoms with Crippen LogP contribution in [-0.4, -0.2) is 4.57 Å². The van der Waals surface area contributed by atoms with Gasteiger partial charge in [0.2, 0.25) is 0 Å². The van der Waals surface area contributed by atoms with Gasteiger partial charge in [-0.15, -0.1) is 0 Å². The molecule has 1 unspecified atom stereocenters. The van der Waals surface area contributed by atoms with Crippen molar-refractivity contribution in [3.8, 4) is 34.9 Å². The molecule has 0 spiro atoms. The summed E-state index contributed by atoms with van der Waals surface area (Å²) in [5.74, 6) is 0.431. The summed E-state index contributed by atoms with van der Waals surface area (Å²) in [4.78, 5) is 0. The second kappa shape index (κ2) is 9.63. The lowest BCUT2D eigenvalue weighted by Gasteiger charge is -2.26. The Hall–Kier alpha value is -4.02. The van der Waals surface area contributed by atoms with Gasteiger partial charge < -0.3 is 0 Å². The topological polar surface area (TPSA) is 4.93 Å². The van der Waals surface area contributed by atoms with E-state index in [1.165, 1.54) is 22.3 Å². The Balaban J connectivity index is 2.12. The summed E-state index contributed by atoms with van der Waals surface area (Å²) in [6.07, 6.45) is 9.90. The molecule has 0 saturated carbocycles. The van der Waals surface area contributed by atoms with Crippen molar-refractivity contribution in [3.63, 3.8) is 0 Å². The fourth-order valence-electron chi connectivity index (χ4n) is 4.80. The van der Waals surface area contributed by atoms with E-state index in [0.29, 0.717) is 5.92 Å². The van der Waals surface area contributed by atoms with Gasteiger partial charge in [0.1, 0.15) is 0 Å². The van der Waals surface area contributed by atoms with Crippen molar-refractivity contribution in [3.05, 3.63) is 119 Å². The van der Waals surface area contributed by atoms with Gasteiger partial charge in [-0.2, -0.15) is 0 Å². The molecule has 0 fully saturated rings. The van der Waals surface area contributed by atoms with Crippen LogP contribution >= 0.6 is 0 Å². The Morgan fingerprint density at radius 1 is 0.848 bits per heavy atom. The summed E-state index contributed by atoms with van der Waals surface area (Å²) in [5, 5.41) is 1.86. The van der Waals surface area contributed by atoms with E-state index in [2.05, 4.69) is 112 Å². The molecule has 1 atom stereocenters. The van der Waals surface area contributed by atoms with Crippen molar-refractivity contribution in [1.29, 1.82) is 0 Å². The number of rotatable bonds is 6. The molecule has 1 heteroatoms. The molecule has 33 heavy (non-hydrogen) atoms. The number of aromatic nitrogens is 1. The SMILES string of the molecule is C#Cn1c(-c2ccccc2)c(C(c2ccccc2-c2ccccc2)C(C)C)/c(=C/C=C)c1=C. The predicted octanol–water partition coefficient (Wildman–Crippen LogP) is 6.43. The number of terminal acetylenes is 1. The van der Waals surface area contributed by atoms with Crippen molar-refractivity contribution >= 4 is 12.7 Å². The highest BCUT2D eigenvalue weighted by molar-refractivity contribution is 5.73. The molecule has 0 N–H and O–H groups in total. The van der Waals surface area contributed by atoms with Crippen LogP contribution in [0.15, 0.2) is 97.6 Å². The zero-order chi connectivity index (χ0) is 23.4. The normalized spacial score (nSPS) is 12.5. The lowest BCUT2D eigenvalue weighted by molar-refractivity contribution is 0.564. The van der Waals surface area contributed by atoms with Crippen molar-refractivity contribution in [2.24, 2.45) is 5.92 Å². The highest BCUT2D eigenvalue weighted by Crippen LogP contribution is 2.40. The van der Waals surface area contributed by atoms with E-state index in [1.807, 2.05) is 22.8 Å². The maximum absolute atomic E-state index is 6.04. The van der Waals surface area contributed by atoms with Crippen LogP contribution < -0.4 is 10.6 Å². The molecule has 1 heterocycles. The first kappa shape index (κ1) is 22.2. The maximum atomic E-state index is 6.04. The lowest BCUT2D eigenvalue weighted by atomic mass is 9.78. The number of nitrogens with zero attached hydrogens (tertiary/aromatic N) is 1. The molecule has 162 valence electrons. The largest absolute Gasteiger partial charge is 0.269 e. The number of benzene rings is 3. The molecule has 0 aliphatic rings. The van der Waals surface area contributed by atoms with Gasteiger partial charge in [0.05, 0.1) is 11.0 Å². The van der Waals surface area contributed by atoms with E-state index in [4.69, 9.17) is 6.42 Å². The molecule has 0 radical (unpaired) electrons. The van der Waals surface area contributed by atoms with Gasteiger partial charge in [0.15, 0.2) is 0 Å². The molecule has 4 aromatic rings. The average molecular weight is 428 g/mol. The Bertz CT molecular complexity index is 1410. The third-order valence-corrected chi connectivity index (χ3v) is 6.17. The third kappa shape index (κ3) is 4.09. The molecule has 0 aliphatic carbocycles. The van der Waals surface area contributed by atoms with Crippen LogP contribution in [0.4, 0.5) is 0 Å². The van der Waals surface area contributed by atoms with Crippen molar-refractivity contribution in [2.45, 2.75) is 19.8 Å². The van der Waals surface area contributed by atoms with Crippen LogP contribution in [0, 0.1) is 18.4 Å². The van der Waals surface area contributed by atoms with Gasteiger partial charge in [0.25, 0.3) is 0 Å². The Morgan fingerprint density at radius 2 is 1.42 bits per heavy atom. The Morgan fingerprint density at radius 3 is 2.00 bits per heavy atom. The first-order valence-electron chi connectivity index (χ1n) is 11.3. The maximum Gasteiger partial charge on any atom is 0.0663 e. The summed E-state index contributed by atoms with van der Waals surface area (Å²) >= 11 is 0. The third-order valence-electron chi connectivity index (χ3n) is 6.17. The average Bonchev–Trinajstić information content (AvgIpc) is 3.12. The fraction of sp³-hybridized carbons (Fsp3) is 0.125. The second-order valence-electron chi connectivity index (χ2n) is 8.53. The zero-order valence-electron chi connectivity index (χ0n) is 19.3. The standard InChI is InChI=1S/C32H29N/c1-6-16-27-24(5)33(7-2)32(26-19-12-9-13-20-26)31(27)30(23(3)4)29-22-15-14-21-28(29)25-17-10-8-11-18-25/h2,6,8-23,30H,1,5H2,3-4H3/b27-16+. The molecule has 1 aromatic heterocycles. The van der Waals surface area contributed by atoms with Crippen LogP contribution in [0.3, 0.4) is 0 Å². The minimum absolute atomic E-state index is 0.109. The highest BCUT2D eigenvalue weighted by atomic mass is 15.0. The van der Waals surface area contributed by atoms with Crippen molar-refractivity contribution in [2.75, 3.05) is 0 Å². The van der Waals surface area contributed by atoms with Gasteiger partial charge in [-0.25, -0.2) is 0 Å². The van der Waals surface area contributed by atoms with E-state index in [9.17, 15) is 0 Å². The summed E-state index contributed by atoms with van der Waals surface area (Å²) < 4.78 is 1.89. The minimum Gasteiger partial charge on any atom is -0.269 e. The monoisotopic (exact) mass is 427 g/mol. The van der Waals surface area contributed by atoms with Crippen molar-refractivity contribution in [1.82, 2.24) is 4.57 Å². The van der Waals surface area contributed by atoms with Crippen LogP contribution in [0.1, 0.15) is 30.9 Å². The lowest BCUT2D eigenvalue weighted by Crippen LogP contribution is -2.29. The van der Waals surface area contributed by atoms with Crippen LogP contribution in [-0.2, 0) is 0 Å². The van der Waals surface area contributed by atoms with Crippen LogP contribution in [0.25, 0.3) is 35.0 Å². The summed E-state index contributed by atoms with van der Waals surface area (Å²) in [6.45, 7) is 12.9. The Kier molecular flexibility index (Phi) is 6.48. The van der Waals surface area contributed by atoms with Gasteiger partial charge >= 0.3 is 0 Å². The second-order valence-corrected chi connectivity index (χ2v) is 8.53. The summed E-state index contributed by atoms with van der Waals surface area (Å²) in [5.41, 5.74) is 7.03. The molecule has 0 saturated heterocycles. The number of hydrogen-bond acceptors (Lipinski definition) is 0. The van der Waals surface area contributed by atoms with E-state index < -0.39 is 0 Å². The van der Waals surface area contributed by atoms with E-state index in [-0.39, 0.29) is 5.92 Å². The van der Waals surface area contributed by atoms with Crippen LogP contribution in [0.2, 0.25) is 0 Å². The first-order valence-corrected chi connectivity index (χ1v) is 11.3. The molecule has 1 nitrogen and oxygen atoms in total. The smallest absolute Gasteiger partial charge is 0.0663 e. The zero-order valence-corrected chi connectivity index (χ0v) is 19.3. The number of hydrogen-bond donors (Lipinski definition) is 0. The molecule has 4 rings (SSSR count). The molecule has 0 bridgehead atoms. The Labute approximate surface area is 197 Å². The van der Waals surface area contributed by atoms with E-state index in [1.54, 1.807) is 0 Å². The van der Waals surface area contributed by atoms with Gasteiger partial charge in [-0.05, 0) is 33.7 Å². The first-order chi connectivity index (χ1) is 16.1. The fourth-order valence-corrected chi connectivity index (χ4v) is 4.80. The highest BCUT2D eigenvalue weighted by Gasteiger charge is 2.28. The molecular weight excluding hydrogens is 398 g/mol. The summed E-state index contributed by atoms with van der Waals surface area (Å²) in [6, 6.07) is 32.5. The molecular formula is C32H29N. The van der Waals surface area contributed by atoms with E-state index in [0.717, 1.165) is 21.8 Å².